The molecule has 108 valence electrons. The van der Waals surface area contributed by atoms with Crippen LogP contribution in [0.1, 0.15) is 11.4 Å². The highest BCUT2D eigenvalue weighted by Crippen LogP contribution is 2.31. The van der Waals surface area contributed by atoms with E-state index >= 15 is 0 Å². The van der Waals surface area contributed by atoms with E-state index in [-0.39, 0.29) is 5.82 Å². The summed E-state index contributed by atoms with van der Waals surface area (Å²) < 4.78 is 16.9. The van der Waals surface area contributed by atoms with E-state index in [0.717, 1.165) is 22.4 Å². The molecule has 2 nitrogen and oxygen atoms in total. The molecule has 1 aromatic heterocycles. The lowest BCUT2D eigenvalue weighted by Crippen LogP contribution is -2.06. The highest BCUT2D eigenvalue weighted by molar-refractivity contribution is 9.10. The van der Waals surface area contributed by atoms with Gasteiger partial charge in [-0.15, -0.1) is 11.6 Å². The quantitative estimate of drug-likeness (QED) is 0.595. The molecule has 0 atom stereocenters. The molecule has 0 unspecified atom stereocenters. The maximum absolute atomic E-state index is 14.4. The predicted octanol–water partition coefficient (Wildman–Crippen LogP) is 5.02. The number of alkyl halides is 1. The smallest absolute Gasteiger partial charge is 0.148 e. The van der Waals surface area contributed by atoms with Crippen LogP contribution in [0.15, 0.2) is 40.9 Å². The standard InChI is InChI=1S/C16H13BrClFN2/c1-10-4-2-7-13-15(10)21(14(20-13)8-9-18)16-11(17)5-3-6-12(16)19/h2-7H,8-9H2,1H3. The summed E-state index contributed by atoms with van der Waals surface area (Å²) in [5.41, 5.74) is 3.30. The van der Waals surface area contributed by atoms with Crippen molar-refractivity contribution in [2.45, 2.75) is 13.3 Å². The lowest BCUT2D eigenvalue weighted by atomic mass is 10.2. The molecular formula is C16H13BrClFN2. The molecule has 0 amide bonds. The molecule has 0 saturated carbocycles. The number of halogens is 3. The van der Waals surface area contributed by atoms with Crippen molar-refractivity contribution in [3.05, 3.63) is 58.1 Å². The fourth-order valence-corrected chi connectivity index (χ4v) is 3.23. The van der Waals surface area contributed by atoms with Crippen LogP contribution in [0.2, 0.25) is 0 Å². The Bertz CT molecular complexity index is 793. The summed E-state index contributed by atoms with van der Waals surface area (Å²) in [5, 5.41) is 0. The number of aromatic nitrogens is 2. The summed E-state index contributed by atoms with van der Waals surface area (Å²) in [7, 11) is 0. The first kappa shape index (κ1) is 14.5. The van der Waals surface area contributed by atoms with Gasteiger partial charge in [0.25, 0.3) is 0 Å². The Labute approximate surface area is 135 Å². The molecule has 1 heterocycles. The van der Waals surface area contributed by atoms with Gasteiger partial charge in [-0.25, -0.2) is 9.37 Å². The van der Waals surface area contributed by atoms with Crippen LogP contribution in [0.25, 0.3) is 16.7 Å². The van der Waals surface area contributed by atoms with Crippen molar-refractivity contribution in [1.29, 1.82) is 0 Å². The van der Waals surface area contributed by atoms with Crippen molar-refractivity contribution < 1.29 is 4.39 Å². The number of nitrogens with zero attached hydrogens (tertiary/aromatic N) is 2. The molecule has 0 N–H and O–H groups in total. The third-order valence-electron chi connectivity index (χ3n) is 3.43. The molecule has 0 aliphatic rings. The van der Waals surface area contributed by atoms with Crippen molar-refractivity contribution in [2.24, 2.45) is 0 Å². The number of rotatable bonds is 3. The SMILES string of the molecule is Cc1cccc2nc(CCCl)n(-c3c(F)cccc3Br)c12. The highest BCUT2D eigenvalue weighted by Gasteiger charge is 2.18. The van der Waals surface area contributed by atoms with Gasteiger partial charge in [0.2, 0.25) is 0 Å². The second kappa shape index (κ2) is 5.78. The van der Waals surface area contributed by atoms with Crippen molar-refractivity contribution in [2.75, 3.05) is 5.88 Å². The van der Waals surface area contributed by atoms with Crippen LogP contribution in [0.5, 0.6) is 0 Å². The zero-order valence-corrected chi connectivity index (χ0v) is 13.7. The van der Waals surface area contributed by atoms with E-state index in [0.29, 0.717) is 22.5 Å². The average Bonchev–Trinajstić information content (AvgIpc) is 2.79. The van der Waals surface area contributed by atoms with Crippen LogP contribution in [-0.2, 0) is 6.42 Å². The number of fused-ring (bicyclic) bond motifs is 1. The van der Waals surface area contributed by atoms with Crippen molar-refractivity contribution in [3.8, 4) is 5.69 Å². The molecule has 3 aromatic rings. The van der Waals surface area contributed by atoms with Gasteiger partial charge < -0.3 is 0 Å². The fourth-order valence-electron chi connectivity index (χ4n) is 2.54. The van der Waals surface area contributed by atoms with Crippen molar-refractivity contribution in [1.82, 2.24) is 9.55 Å². The largest absolute Gasteiger partial charge is 0.292 e. The van der Waals surface area contributed by atoms with Crippen LogP contribution in [-0.4, -0.2) is 15.4 Å². The second-order valence-electron chi connectivity index (χ2n) is 4.82. The van der Waals surface area contributed by atoms with E-state index in [1.165, 1.54) is 6.07 Å². The summed E-state index contributed by atoms with van der Waals surface area (Å²) >= 11 is 9.33. The van der Waals surface area contributed by atoms with Gasteiger partial charge >= 0.3 is 0 Å². The van der Waals surface area contributed by atoms with E-state index < -0.39 is 0 Å². The van der Waals surface area contributed by atoms with E-state index in [1.54, 1.807) is 6.07 Å². The van der Waals surface area contributed by atoms with Gasteiger partial charge in [0.15, 0.2) is 0 Å². The predicted molar refractivity (Wildman–Crippen MR) is 87.9 cm³/mol. The van der Waals surface area contributed by atoms with E-state index in [9.17, 15) is 4.39 Å². The summed E-state index contributed by atoms with van der Waals surface area (Å²) in [6.45, 7) is 2.00. The van der Waals surface area contributed by atoms with E-state index in [4.69, 9.17) is 11.6 Å². The molecule has 21 heavy (non-hydrogen) atoms. The lowest BCUT2D eigenvalue weighted by Gasteiger charge is -2.13. The molecule has 5 heteroatoms. The Morgan fingerprint density at radius 2 is 2.00 bits per heavy atom. The normalized spacial score (nSPS) is 11.2. The van der Waals surface area contributed by atoms with Crippen LogP contribution in [0.3, 0.4) is 0 Å². The van der Waals surface area contributed by atoms with Gasteiger partial charge in [-0.3, -0.25) is 4.57 Å². The minimum absolute atomic E-state index is 0.289. The second-order valence-corrected chi connectivity index (χ2v) is 6.05. The maximum Gasteiger partial charge on any atom is 0.148 e. The van der Waals surface area contributed by atoms with Crippen LogP contribution in [0, 0.1) is 12.7 Å². The van der Waals surface area contributed by atoms with Gasteiger partial charge in [-0.05, 0) is 46.6 Å². The summed E-state index contributed by atoms with van der Waals surface area (Å²) in [5.74, 6) is 0.914. The average molecular weight is 368 g/mol. The lowest BCUT2D eigenvalue weighted by molar-refractivity contribution is 0.615. The molecule has 0 bridgehead atoms. The van der Waals surface area contributed by atoms with Crippen LogP contribution in [0.4, 0.5) is 4.39 Å². The summed E-state index contributed by atoms with van der Waals surface area (Å²) in [6.07, 6.45) is 0.580. The Morgan fingerprint density at radius 3 is 2.71 bits per heavy atom. The van der Waals surface area contributed by atoms with Gasteiger partial charge in [0.1, 0.15) is 11.6 Å². The Hall–Kier alpha value is -1.39. The van der Waals surface area contributed by atoms with Crippen LogP contribution < -0.4 is 0 Å². The third-order valence-corrected chi connectivity index (χ3v) is 4.26. The van der Waals surface area contributed by atoms with E-state index in [2.05, 4.69) is 20.9 Å². The van der Waals surface area contributed by atoms with Crippen molar-refractivity contribution in [3.63, 3.8) is 0 Å². The zero-order chi connectivity index (χ0) is 15.0. The molecule has 0 radical (unpaired) electrons. The Morgan fingerprint density at radius 1 is 1.24 bits per heavy atom. The number of hydrogen-bond donors (Lipinski definition) is 0. The first-order valence-electron chi connectivity index (χ1n) is 6.60. The van der Waals surface area contributed by atoms with Gasteiger partial charge in [0, 0.05) is 16.8 Å². The Kier molecular flexibility index (Phi) is 4.00. The molecule has 0 aliphatic carbocycles. The molecule has 3 rings (SSSR count). The topological polar surface area (TPSA) is 17.8 Å². The number of aryl methyl sites for hydroxylation is 2. The molecular weight excluding hydrogens is 355 g/mol. The summed E-state index contributed by atoms with van der Waals surface area (Å²) in [6, 6.07) is 10.8. The first-order valence-corrected chi connectivity index (χ1v) is 7.93. The van der Waals surface area contributed by atoms with Gasteiger partial charge in [0.05, 0.1) is 16.7 Å². The number of benzene rings is 2. The highest BCUT2D eigenvalue weighted by atomic mass is 79.9. The fraction of sp³-hybridized carbons (Fsp3) is 0.188. The van der Waals surface area contributed by atoms with Gasteiger partial charge in [-0.2, -0.15) is 0 Å². The number of para-hydroxylation sites is 2. The number of imidazole rings is 1. The number of hydrogen-bond acceptors (Lipinski definition) is 1. The van der Waals surface area contributed by atoms with Gasteiger partial charge in [-0.1, -0.05) is 18.2 Å². The minimum Gasteiger partial charge on any atom is -0.292 e. The monoisotopic (exact) mass is 366 g/mol. The van der Waals surface area contributed by atoms with Crippen LogP contribution >= 0.6 is 27.5 Å². The first-order chi connectivity index (χ1) is 10.1. The zero-order valence-electron chi connectivity index (χ0n) is 11.4. The minimum atomic E-state index is -0.289. The molecule has 0 aliphatic heterocycles. The molecule has 0 saturated heterocycles. The molecule has 0 spiro atoms. The third kappa shape index (κ3) is 2.47. The van der Waals surface area contributed by atoms with Crippen molar-refractivity contribution >= 4 is 38.6 Å². The Balaban J connectivity index is 2.42. The van der Waals surface area contributed by atoms with E-state index in [1.807, 2.05) is 35.8 Å². The molecule has 2 aromatic carbocycles. The summed E-state index contributed by atoms with van der Waals surface area (Å²) in [4.78, 5) is 4.61. The molecule has 0 fully saturated rings. The maximum atomic E-state index is 14.4.